The standard InChI is InChI=1S/C12H19N3S/c1-3-4-5-9(2)15-11-7-6-10(8-14-11)12(13)16/h6-9H,3-5H2,1-2H3,(H2,13,16)(H,14,15). The number of aromatic nitrogens is 1. The molecule has 1 unspecified atom stereocenters. The van der Waals surface area contributed by atoms with E-state index in [4.69, 9.17) is 18.0 Å². The van der Waals surface area contributed by atoms with Crippen LogP contribution in [0, 0.1) is 0 Å². The van der Waals surface area contributed by atoms with Crippen molar-refractivity contribution in [3.8, 4) is 0 Å². The molecule has 88 valence electrons. The first-order valence-electron chi connectivity index (χ1n) is 5.66. The summed E-state index contributed by atoms with van der Waals surface area (Å²) >= 11 is 4.87. The van der Waals surface area contributed by atoms with Crippen LogP contribution < -0.4 is 11.1 Å². The van der Waals surface area contributed by atoms with Gasteiger partial charge >= 0.3 is 0 Å². The van der Waals surface area contributed by atoms with Gasteiger partial charge in [-0.05, 0) is 25.5 Å². The molecule has 4 heteroatoms. The topological polar surface area (TPSA) is 50.9 Å². The Hall–Kier alpha value is -1.16. The number of nitrogens with one attached hydrogen (secondary N) is 1. The van der Waals surface area contributed by atoms with Gasteiger partial charge in [0, 0.05) is 17.8 Å². The molecule has 1 atom stereocenters. The average Bonchev–Trinajstić information content (AvgIpc) is 2.27. The highest BCUT2D eigenvalue weighted by atomic mass is 32.1. The number of anilines is 1. The lowest BCUT2D eigenvalue weighted by atomic mass is 10.1. The summed E-state index contributed by atoms with van der Waals surface area (Å²) in [5, 5.41) is 3.35. The molecule has 0 aromatic carbocycles. The van der Waals surface area contributed by atoms with E-state index in [2.05, 4.69) is 24.1 Å². The van der Waals surface area contributed by atoms with E-state index in [9.17, 15) is 0 Å². The molecule has 0 saturated carbocycles. The van der Waals surface area contributed by atoms with Crippen LogP contribution in [0.15, 0.2) is 18.3 Å². The number of rotatable bonds is 6. The van der Waals surface area contributed by atoms with E-state index < -0.39 is 0 Å². The maximum absolute atomic E-state index is 5.50. The fourth-order valence-corrected chi connectivity index (χ4v) is 1.58. The Kier molecular flexibility index (Phi) is 5.19. The van der Waals surface area contributed by atoms with Crippen LogP contribution in [0.3, 0.4) is 0 Å². The van der Waals surface area contributed by atoms with Gasteiger partial charge in [0.05, 0.1) is 0 Å². The van der Waals surface area contributed by atoms with Crippen LogP contribution in [0.5, 0.6) is 0 Å². The van der Waals surface area contributed by atoms with Crippen molar-refractivity contribution in [3.05, 3.63) is 23.9 Å². The molecule has 1 aromatic heterocycles. The van der Waals surface area contributed by atoms with Gasteiger partial charge in [-0.2, -0.15) is 0 Å². The van der Waals surface area contributed by atoms with Gasteiger partial charge in [-0.25, -0.2) is 4.98 Å². The fourth-order valence-electron chi connectivity index (χ4n) is 1.46. The molecule has 0 radical (unpaired) electrons. The minimum atomic E-state index is 0.387. The van der Waals surface area contributed by atoms with E-state index in [0.29, 0.717) is 11.0 Å². The molecule has 0 saturated heterocycles. The summed E-state index contributed by atoms with van der Waals surface area (Å²) in [4.78, 5) is 4.66. The van der Waals surface area contributed by atoms with Crippen molar-refractivity contribution in [3.63, 3.8) is 0 Å². The molecule has 1 heterocycles. The number of nitrogens with two attached hydrogens (primary N) is 1. The van der Waals surface area contributed by atoms with Gasteiger partial charge < -0.3 is 11.1 Å². The fraction of sp³-hybridized carbons (Fsp3) is 0.500. The minimum Gasteiger partial charge on any atom is -0.389 e. The van der Waals surface area contributed by atoms with Crippen LogP contribution in [0.2, 0.25) is 0 Å². The third-order valence-electron chi connectivity index (χ3n) is 2.43. The number of hydrogen-bond donors (Lipinski definition) is 2. The zero-order valence-electron chi connectivity index (χ0n) is 9.86. The summed E-state index contributed by atoms with van der Waals surface area (Å²) in [6.07, 6.45) is 5.32. The van der Waals surface area contributed by atoms with Crippen LogP contribution >= 0.6 is 12.2 Å². The van der Waals surface area contributed by atoms with Gasteiger partial charge in [0.15, 0.2) is 0 Å². The molecule has 0 aliphatic carbocycles. The summed E-state index contributed by atoms with van der Waals surface area (Å²) in [6, 6.07) is 4.25. The van der Waals surface area contributed by atoms with Crippen molar-refractivity contribution in [2.24, 2.45) is 5.73 Å². The largest absolute Gasteiger partial charge is 0.389 e. The molecule has 3 N–H and O–H groups in total. The Labute approximate surface area is 102 Å². The zero-order chi connectivity index (χ0) is 12.0. The van der Waals surface area contributed by atoms with E-state index >= 15 is 0 Å². The zero-order valence-corrected chi connectivity index (χ0v) is 10.7. The van der Waals surface area contributed by atoms with Crippen LogP contribution in [-0.2, 0) is 0 Å². The third-order valence-corrected chi connectivity index (χ3v) is 2.67. The minimum absolute atomic E-state index is 0.387. The van der Waals surface area contributed by atoms with E-state index in [1.807, 2.05) is 12.1 Å². The number of nitrogens with zero attached hydrogens (tertiary/aromatic N) is 1. The van der Waals surface area contributed by atoms with Crippen LogP contribution in [0.25, 0.3) is 0 Å². The van der Waals surface area contributed by atoms with Crippen LogP contribution in [0.1, 0.15) is 38.7 Å². The quantitative estimate of drug-likeness (QED) is 0.747. The number of unbranched alkanes of at least 4 members (excludes halogenated alkanes) is 1. The SMILES string of the molecule is CCCCC(C)Nc1ccc(C(N)=S)cn1. The molecular formula is C12H19N3S. The summed E-state index contributed by atoms with van der Waals surface area (Å²) in [5.41, 5.74) is 6.31. The lowest BCUT2D eigenvalue weighted by molar-refractivity contribution is 0.643. The van der Waals surface area contributed by atoms with E-state index in [1.165, 1.54) is 12.8 Å². The molecule has 0 aliphatic heterocycles. The summed E-state index contributed by atoms with van der Waals surface area (Å²) in [6.45, 7) is 4.36. The van der Waals surface area contributed by atoms with Gasteiger partial charge in [0.1, 0.15) is 10.8 Å². The molecule has 16 heavy (non-hydrogen) atoms. The Morgan fingerprint density at radius 1 is 1.56 bits per heavy atom. The molecule has 1 aromatic rings. The van der Waals surface area contributed by atoms with Crippen LogP contribution in [0.4, 0.5) is 5.82 Å². The van der Waals surface area contributed by atoms with Crippen molar-refractivity contribution in [2.75, 3.05) is 5.32 Å². The molecule has 0 bridgehead atoms. The lowest BCUT2D eigenvalue weighted by Gasteiger charge is -2.13. The Morgan fingerprint density at radius 2 is 2.31 bits per heavy atom. The van der Waals surface area contributed by atoms with Gasteiger partial charge in [-0.15, -0.1) is 0 Å². The van der Waals surface area contributed by atoms with Gasteiger partial charge in [0.25, 0.3) is 0 Å². The highest BCUT2D eigenvalue weighted by Gasteiger charge is 2.02. The Balaban J connectivity index is 2.51. The van der Waals surface area contributed by atoms with Gasteiger partial charge in [-0.1, -0.05) is 32.0 Å². The van der Waals surface area contributed by atoms with E-state index in [0.717, 1.165) is 17.8 Å². The highest BCUT2D eigenvalue weighted by Crippen LogP contribution is 2.09. The molecule has 0 fully saturated rings. The maximum Gasteiger partial charge on any atom is 0.126 e. The van der Waals surface area contributed by atoms with Crippen LogP contribution in [-0.4, -0.2) is 16.0 Å². The smallest absolute Gasteiger partial charge is 0.126 e. The summed E-state index contributed by atoms with van der Waals surface area (Å²) in [7, 11) is 0. The Morgan fingerprint density at radius 3 is 2.81 bits per heavy atom. The van der Waals surface area contributed by atoms with E-state index in [1.54, 1.807) is 6.20 Å². The highest BCUT2D eigenvalue weighted by molar-refractivity contribution is 7.80. The summed E-state index contributed by atoms with van der Waals surface area (Å²) in [5.74, 6) is 0.878. The molecule has 0 amide bonds. The maximum atomic E-state index is 5.50. The Bertz CT molecular complexity index is 335. The number of pyridine rings is 1. The van der Waals surface area contributed by atoms with E-state index in [-0.39, 0.29) is 0 Å². The predicted molar refractivity (Wildman–Crippen MR) is 72.7 cm³/mol. The third kappa shape index (κ3) is 4.14. The summed E-state index contributed by atoms with van der Waals surface area (Å²) < 4.78 is 0. The van der Waals surface area contributed by atoms with Gasteiger partial charge in [0.2, 0.25) is 0 Å². The van der Waals surface area contributed by atoms with Crippen molar-refractivity contribution < 1.29 is 0 Å². The van der Waals surface area contributed by atoms with Crippen molar-refractivity contribution in [1.29, 1.82) is 0 Å². The molecular weight excluding hydrogens is 218 g/mol. The first-order valence-corrected chi connectivity index (χ1v) is 6.06. The second kappa shape index (κ2) is 6.43. The van der Waals surface area contributed by atoms with Crippen molar-refractivity contribution >= 4 is 23.0 Å². The van der Waals surface area contributed by atoms with Gasteiger partial charge in [-0.3, -0.25) is 0 Å². The first-order chi connectivity index (χ1) is 7.63. The predicted octanol–water partition coefficient (Wildman–Crippen LogP) is 2.71. The molecule has 3 nitrogen and oxygen atoms in total. The average molecular weight is 237 g/mol. The normalized spacial score (nSPS) is 12.1. The molecule has 0 aliphatic rings. The number of thiocarbonyl (C=S) groups is 1. The van der Waals surface area contributed by atoms with Crippen molar-refractivity contribution in [2.45, 2.75) is 39.2 Å². The second-order valence-electron chi connectivity index (χ2n) is 3.98. The first kappa shape index (κ1) is 12.9. The monoisotopic (exact) mass is 237 g/mol. The lowest BCUT2D eigenvalue weighted by Crippen LogP contribution is -2.16. The molecule has 0 spiro atoms. The van der Waals surface area contributed by atoms with Crippen molar-refractivity contribution in [1.82, 2.24) is 4.98 Å². The molecule has 1 rings (SSSR count). The second-order valence-corrected chi connectivity index (χ2v) is 4.42. The number of hydrogen-bond acceptors (Lipinski definition) is 3.